The van der Waals surface area contributed by atoms with Crippen LogP contribution in [0.25, 0.3) is 0 Å². The highest BCUT2D eigenvalue weighted by Gasteiger charge is 2.20. The lowest BCUT2D eigenvalue weighted by Gasteiger charge is -2.12. The molecule has 7 nitrogen and oxygen atoms in total. The number of nitrogens with one attached hydrogen (secondary N) is 1. The van der Waals surface area contributed by atoms with E-state index in [-0.39, 0.29) is 22.8 Å². The van der Waals surface area contributed by atoms with E-state index >= 15 is 0 Å². The van der Waals surface area contributed by atoms with Gasteiger partial charge in [0.25, 0.3) is 0 Å². The number of carbonyl (C=O) groups is 1. The number of aromatic nitrogens is 3. The van der Waals surface area contributed by atoms with E-state index < -0.39 is 0 Å². The number of thioether (sulfide) groups is 1. The highest BCUT2D eigenvalue weighted by Crippen LogP contribution is 2.25. The molecule has 0 saturated heterocycles. The minimum atomic E-state index is -0.333. The molecule has 0 spiro atoms. The first-order chi connectivity index (χ1) is 9.58. The molecule has 2 aromatic rings. The highest BCUT2D eigenvalue weighted by atomic mass is 32.2. The Bertz CT molecular complexity index is 568. The first kappa shape index (κ1) is 14.5. The van der Waals surface area contributed by atoms with Crippen molar-refractivity contribution < 1.29 is 4.79 Å². The number of carbonyl (C=O) groups excluding carboxylic acids is 1. The van der Waals surface area contributed by atoms with Crippen molar-refractivity contribution in [2.75, 3.05) is 16.8 Å². The van der Waals surface area contributed by atoms with E-state index in [1.54, 1.807) is 11.6 Å². The van der Waals surface area contributed by atoms with E-state index in [4.69, 9.17) is 11.5 Å². The maximum Gasteiger partial charge on any atom is 0.239 e. The molecule has 5 N–H and O–H groups in total. The Kier molecular flexibility index (Phi) is 4.74. The van der Waals surface area contributed by atoms with Crippen molar-refractivity contribution in [2.24, 2.45) is 0 Å². The molecule has 2 aromatic heterocycles. The molecule has 2 heterocycles. The third-order valence-corrected chi connectivity index (χ3v) is 4.23. The number of thiazole rings is 1. The average molecular weight is 310 g/mol. The predicted octanol–water partition coefficient (Wildman–Crippen LogP) is 1.61. The molecule has 0 radical (unpaired) electrons. The molecule has 106 valence electrons. The second-order valence-electron chi connectivity index (χ2n) is 3.84. The fraction of sp³-hybridized carbons (Fsp3) is 0.273. The molecule has 9 heteroatoms. The molecule has 0 aromatic carbocycles. The summed E-state index contributed by atoms with van der Waals surface area (Å²) in [7, 11) is 0. The third kappa shape index (κ3) is 3.81. The Hall–Kier alpha value is -1.87. The molecule has 0 fully saturated rings. The summed E-state index contributed by atoms with van der Waals surface area (Å²) < 4.78 is 0. The average Bonchev–Trinajstić information content (AvgIpc) is 2.87. The van der Waals surface area contributed by atoms with Gasteiger partial charge in [0.15, 0.2) is 10.3 Å². The molecule has 0 aliphatic heterocycles. The Labute approximate surface area is 124 Å². The quantitative estimate of drug-likeness (QED) is 0.566. The number of anilines is 3. The summed E-state index contributed by atoms with van der Waals surface area (Å²) >= 11 is 2.60. The fourth-order valence-corrected chi connectivity index (χ4v) is 2.87. The molecular formula is C11H14N6OS2. The molecule has 0 bridgehead atoms. The molecule has 20 heavy (non-hydrogen) atoms. The Morgan fingerprint density at radius 1 is 1.45 bits per heavy atom. The topological polar surface area (TPSA) is 120 Å². The van der Waals surface area contributed by atoms with Crippen molar-refractivity contribution in [3.8, 4) is 0 Å². The predicted molar refractivity (Wildman–Crippen MR) is 81.5 cm³/mol. The monoisotopic (exact) mass is 310 g/mol. The van der Waals surface area contributed by atoms with Crippen molar-refractivity contribution in [1.29, 1.82) is 0 Å². The van der Waals surface area contributed by atoms with Crippen molar-refractivity contribution in [1.82, 2.24) is 15.0 Å². The van der Waals surface area contributed by atoms with Gasteiger partial charge in [-0.3, -0.25) is 4.79 Å². The summed E-state index contributed by atoms with van der Waals surface area (Å²) in [6.07, 6.45) is 2.26. The van der Waals surface area contributed by atoms with Crippen molar-refractivity contribution in [3.63, 3.8) is 0 Å². The SMILES string of the molecule is CCC(Sc1nc(N)cc(N)n1)C(=O)Nc1nccs1. The van der Waals surface area contributed by atoms with Gasteiger partial charge >= 0.3 is 0 Å². The van der Waals surface area contributed by atoms with Gasteiger partial charge in [-0.05, 0) is 6.42 Å². The van der Waals surface area contributed by atoms with Crippen LogP contribution in [0.1, 0.15) is 13.3 Å². The number of hydrogen-bond acceptors (Lipinski definition) is 8. The van der Waals surface area contributed by atoms with E-state index in [9.17, 15) is 4.79 Å². The first-order valence-electron chi connectivity index (χ1n) is 5.85. The molecule has 0 aliphatic rings. The maximum absolute atomic E-state index is 12.1. The van der Waals surface area contributed by atoms with E-state index in [0.717, 1.165) is 0 Å². The largest absolute Gasteiger partial charge is 0.383 e. The van der Waals surface area contributed by atoms with E-state index in [1.807, 2.05) is 6.92 Å². The molecule has 0 aliphatic carbocycles. The van der Waals surface area contributed by atoms with Crippen molar-refractivity contribution in [2.45, 2.75) is 23.8 Å². The molecule has 1 unspecified atom stereocenters. The number of nitrogens with zero attached hydrogens (tertiary/aromatic N) is 3. The summed E-state index contributed by atoms with van der Waals surface area (Å²) in [6, 6.07) is 1.47. The van der Waals surface area contributed by atoms with Crippen LogP contribution < -0.4 is 16.8 Å². The lowest BCUT2D eigenvalue weighted by Crippen LogP contribution is -2.24. The van der Waals surface area contributed by atoms with Gasteiger partial charge in [-0.15, -0.1) is 11.3 Å². The molecule has 2 rings (SSSR count). The third-order valence-electron chi connectivity index (χ3n) is 2.32. The summed E-state index contributed by atoms with van der Waals surface area (Å²) in [5.74, 6) is 0.433. The van der Waals surface area contributed by atoms with Crippen molar-refractivity contribution >= 4 is 45.8 Å². The van der Waals surface area contributed by atoms with Crippen LogP contribution in [0.3, 0.4) is 0 Å². The second kappa shape index (κ2) is 6.53. The molecule has 0 saturated carbocycles. The Balaban J connectivity index is 2.06. The number of rotatable bonds is 5. The molecule has 1 amide bonds. The normalized spacial score (nSPS) is 12.1. The van der Waals surface area contributed by atoms with Gasteiger partial charge in [0, 0.05) is 17.6 Å². The van der Waals surface area contributed by atoms with Crippen LogP contribution in [0.4, 0.5) is 16.8 Å². The van der Waals surface area contributed by atoms with Crippen LogP contribution in [0, 0.1) is 0 Å². The van der Waals surface area contributed by atoms with Gasteiger partial charge in [-0.1, -0.05) is 18.7 Å². The van der Waals surface area contributed by atoms with Gasteiger partial charge in [0.2, 0.25) is 5.91 Å². The summed E-state index contributed by atoms with van der Waals surface area (Å²) in [4.78, 5) is 24.3. The van der Waals surface area contributed by atoms with E-state index in [0.29, 0.717) is 16.7 Å². The van der Waals surface area contributed by atoms with Gasteiger partial charge < -0.3 is 16.8 Å². The number of nitrogen functional groups attached to an aromatic ring is 2. The second-order valence-corrected chi connectivity index (χ2v) is 5.91. The zero-order chi connectivity index (χ0) is 14.5. The lowest BCUT2D eigenvalue weighted by atomic mass is 10.3. The van der Waals surface area contributed by atoms with E-state index in [2.05, 4.69) is 20.3 Å². The smallest absolute Gasteiger partial charge is 0.239 e. The van der Waals surface area contributed by atoms with Crippen LogP contribution in [0.2, 0.25) is 0 Å². The van der Waals surface area contributed by atoms with Crippen LogP contribution in [0.5, 0.6) is 0 Å². The summed E-state index contributed by atoms with van der Waals surface area (Å²) in [6.45, 7) is 1.91. The van der Waals surface area contributed by atoms with Crippen LogP contribution in [-0.2, 0) is 4.79 Å². The maximum atomic E-state index is 12.1. The highest BCUT2D eigenvalue weighted by molar-refractivity contribution is 8.00. The Morgan fingerprint density at radius 2 is 2.15 bits per heavy atom. The van der Waals surface area contributed by atoms with Gasteiger partial charge in [-0.2, -0.15) is 0 Å². The minimum absolute atomic E-state index is 0.142. The van der Waals surface area contributed by atoms with E-state index in [1.165, 1.54) is 29.2 Å². The number of nitrogens with two attached hydrogens (primary N) is 2. The number of amides is 1. The fourth-order valence-electron chi connectivity index (χ4n) is 1.44. The van der Waals surface area contributed by atoms with Gasteiger partial charge in [-0.25, -0.2) is 15.0 Å². The Morgan fingerprint density at radius 3 is 2.70 bits per heavy atom. The van der Waals surface area contributed by atoms with Crippen LogP contribution >= 0.6 is 23.1 Å². The number of hydrogen-bond donors (Lipinski definition) is 3. The lowest BCUT2D eigenvalue weighted by molar-refractivity contribution is -0.115. The van der Waals surface area contributed by atoms with Crippen LogP contribution in [-0.4, -0.2) is 26.1 Å². The van der Waals surface area contributed by atoms with Gasteiger partial charge in [0.05, 0.1) is 5.25 Å². The summed E-state index contributed by atoms with van der Waals surface area (Å²) in [5.41, 5.74) is 11.2. The van der Waals surface area contributed by atoms with Crippen molar-refractivity contribution in [3.05, 3.63) is 17.6 Å². The standard InChI is InChI=1S/C11H14N6OS2/c1-2-6(9(18)17-10-14-3-4-19-10)20-11-15-7(12)5-8(13)16-11/h3-6H,2H2,1H3,(H,14,17,18)(H4,12,13,15,16). The zero-order valence-corrected chi connectivity index (χ0v) is 12.4. The molecular weight excluding hydrogens is 296 g/mol. The molecule has 1 atom stereocenters. The summed E-state index contributed by atoms with van der Waals surface area (Å²) in [5, 5.41) is 5.18. The van der Waals surface area contributed by atoms with Gasteiger partial charge in [0.1, 0.15) is 11.6 Å². The van der Waals surface area contributed by atoms with Crippen LogP contribution in [0.15, 0.2) is 22.8 Å². The first-order valence-corrected chi connectivity index (χ1v) is 7.61. The minimum Gasteiger partial charge on any atom is -0.383 e. The zero-order valence-electron chi connectivity index (χ0n) is 10.7.